The molecule has 0 saturated carbocycles. The van der Waals surface area contributed by atoms with Gasteiger partial charge in [0.25, 0.3) is 11.5 Å². The number of hydrogen-bond acceptors (Lipinski definition) is 8. The Kier molecular flexibility index (Phi) is 7.67. The molecule has 0 radical (unpaired) electrons. The van der Waals surface area contributed by atoms with Gasteiger partial charge in [-0.05, 0) is 45.8 Å². The fourth-order valence-corrected chi connectivity index (χ4v) is 4.30. The molecular weight excluding hydrogens is 510 g/mol. The van der Waals surface area contributed by atoms with Gasteiger partial charge in [-0.2, -0.15) is 5.10 Å². The normalized spacial score (nSPS) is 10.9. The molecule has 204 valence electrons. The van der Waals surface area contributed by atoms with E-state index in [2.05, 4.69) is 25.9 Å². The number of tetrazole rings is 1. The predicted octanol–water partition coefficient (Wildman–Crippen LogP) is 2.12. The fraction of sp³-hybridized carbons (Fsp3) is 0.214. The quantitative estimate of drug-likeness (QED) is 0.286. The lowest BCUT2D eigenvalue weighted by molar-refractivity contribution is 0.0951. The van der Waals surface area contributed by atoms with Crippen LogP contribution in [0.4, 0.5) is 5.82 Å². The first-order valence-corrected chi connectivity index (χ1v) is 12.6. The van der Waals surface area contributed by atoms with E-state index in [9.17, 15) is 9.59 Å². The van der Waals surface area contributed by atoms with Crippen LogP contribution in [0.5, 0.6) is 5.75 Å². The molecule has 0 atom stereocenters. The van der Waals surface area contributed by atoms with E-state index in [4.69, 9.17) is 4.74 Å². The number of pyridine rings is 1. The molecule has 2 aromatic carbocycles. The van der Waals surface area contributed by atoms with Crippen LogP contribution in [0, 0.1) is 0 Å². The van der Waals surface area contributed by atoms with E-state index in [0.717, 1.165) is 22.4 Å². The van der Waals surface area contributed by atoms with E-state index in [0.29, 0.717) is 30.2 Å². The van der Waals surface area contributed by atoms with Crippen molar-refractivity contribution in [3.8, 4) is 11.4 Å². The SMILES string of the molecule is COc1ccc(-n2cnnn2)c(CNC(=O)c2cn(Cc3ccc(Cn4ccccc4=O)cc3)nc2N(C)C)c1. The van der Waals surface area contributed by atoms with E-state index >= 15 is 0 Å². The maximum atomic E-state index is 13.3. The minimum Gasteiger partial charge on any atom is -0.497 e. The average molecular weight is 540 g/mol. The smallest absolute Gasteiger partial charge is 0.256 e. The van der Waals surface area contributed by atoms with Gasteiger partial charge in [-0.25, -0.2) is 4.68 Å². The number of carbonyl (C=O) groups excluding carboxylic acids is 1. The van der Waals surface area contributed by atoms with E-state index in [1.807, 2.05) is 67.5 Å². The minimum absolute atomic E-state index is 0.0387. The zero-order valence-corrected chi connectivity index (χ0v) is 22.4. The molecule has 0 aliphatic rings. The molecule has 0 aliphatic heterocycles. The highest BCUT2D eigenvalue weighted by Crippen LogP contribution is 2.22. The Labute approximate surface area is 230 Å². The van der Waals surface area contributed by atoms with Crippen molar-refractivity contribution in [3.05, 3.63) is 112 Å². The molecule has 0 bridgehead atoms. The van der Waals surface area contributed by atoms with Gasteiger partial charge in [-0.3, -0.25) is 14.3 Å². The molecule has 0 unspecified atom stereocenters. The van der Waals surface area contributed by atoms with Crippen molar-refractivity contribution < 1.29 is 9.53 Å². The van der Waals surface area contributed by atoms with Crippen molar-refractivity contribution in [1.82, 2.24) is 39.9 Å². The number of benzene rings is 2. The number of carbonyl (C=O) groups is 1. The molecule has 1 amide bonds. The zero-order valence-electron chi connectivity index (χ0n) is 22.4. The maximum absolute atomic E-state index is 13.3. The first-order chi connectivity index (χ1) is 19.4. The van der Waals surface area contributed by atoms with Crippen LogP contribution < -0.4 is 20.5 Å². The predicted molar refractivity (Wildman–Crippen MR) is 149 cm³/mol. The van der Waals surface area contributed by atoms with Gasteiger partial charge in [0.15, 0.2) is 5.82 Å². The summed E-state index contributed by atoms with van der Waals surface area (Å²) in [5.74, 6) is 0.956. The van der Waals surface area contributed by atoms with Crippen LogP contribution >= 0.6 is 0 Å². The molecule has 0 fully saturated rings. The molecule has 0 spiro atoms. The summed E-state index contributed by atoms with van der Waals surface area (Å²) in [6.45, 7) is 1.22. The molecular formula is C28H29N9O3. The number of nitrogens with one attached hydrogen (secondary N) is 1. The van der Waals surface area contributed by atoms with E-state index in [1.165, 1.54) is 11.0 Å². The van der Waals surface area contributed by atoms with Crippen molar-refractivity contribution in [2.45, 2.75) is 19.6 Å². The highest BCUT2D eigenvalue weighted by molar-refractivity contribution is 5.98. The Balaban J connectivity index is 1.30. The summed E-state index contributed by atoms with van der Waals surface area (Å²) in [5.41, 5.74) is 3.98. The van der Waals surface area contributed by atoms with Crippen LogP contribution in [-0.4, -0.2) is 61.7 Å². The number of nitrogens with zero attached hydrogens (tertiary/aromatic N) is 8. The monoisotopic (exact) mass is 539 g/mol. The van der Waals surface area contributed by atoms with Crippen LogP contribution in [0.3, 0.4) is 0 Å². The van der Waals surface area contributed by atoms with Crippen molar-refractivity contribution in [1.29, 1.82) is 0 Å². The highest BCUT2D eigenvalue weighted by Gasteiger charge is 2.19. The second-order valence-corrected chi connectivity index (χ2v) is 9.37. The van der Waals surface area contributed by atoms with E-state index in [-0.39, 0.29) is 18.0 Å². The molecule has 3 heterocycles. The van der Waals surface area contributed by atoms with E-state index in [1.54, 1.807) is 40.9 Å². The third-order valence-electron chi connectivity index (χ3n) is 6.35. The van der Waals surface area contributed by atoms with Gasteiger partial charge < -0.3 is 19.5 Å². The van der Waals surface area contributed by atoms with Crippen LogP contribution in [0.1, 0.15) is 27.0 Å². The molecule has 5 aromatic rings. The number of aromatic nitrogens is 7. The lowest BCUT2D eigenvalue weighted by Gasteiger charge is -2.13. The number of ether oxygens (including phenoxy) is 1. The minimum atomic E-state index is -0.260. The van der Waals surface area contributed by atoms with Crippen LogP contribution in [0.2, 0.25) is 0 Å². The van der Waals surface area contributed by atoms with E-state index < -0.39 is 0 Å². The summed E-state index contributed by atoms with van der Waals surface area (Å²) >= 11 is 0. The van der Waals surface area contributed by atoms with Gasteiger partial charge in [0, 0.05) is 44.7 Å². The molecule has 5 rings (SSSR count). The summed E-state index contributed by atoms with van der Waals surface area (Å²) in [6, 6.07) is 18.6. The highest BCUT2D eigenvalue weighted by atomic mass is 16.5. The van der Waals surface area contributed by atoms with Gasteiger partial charge in [0.1, 0.15) is 17.6 Å². The lowest BCUT2D eigenvalue weighted by Crippen LogP contribution is -2.25. The summed E-state index contributed by atoms with van der Waals surface area (Å²) < 4.78 is 10.3. The molecule has 3 aromatic heterocycles. The standard InChI is InChI=1S/C28H29N9O3/c1-34(2)27-24(28(39)29-15-22-14-23(40-3)11-12-25(22)37-19-30-32-33-37)18-36(31-27)17-21-9-7-20(8-10-21)16-35-13-5-4-6-26(35)38/h4-14,18-19H,15-17H2,1-3H3,(H,29,39). The van der Waals surface area contributed by atoms with Crippen LogP contribution in [0.25, 0.3) is 5.69 Å². The summed E-state index contributed by atoms with van der Waals surface area (Å²) in [6.07, 6.45) is 5.02. The summed E-state index contributed by atoms with van der Waals surface area (Å²) in [4.78, 5) is 27.1. The first-order valence-electron chi connectivity index (χ1n) is 12.6. The van der Waals surface area contributed by atoms with Crippen molar-refractivity contribution in [3.63, 3.8) is 0 Å². The fourth-order valence-electron chi connectivity index (χ4n) is 4.30. The second-order valence-electron chi connectivity index (χ2n) is 9.37. The number of methoxy groups -OCH3 is 1. The van der Waals surface area contributed by atoms with Gasteiger partial charge in [0.05, 0.1) is 25.9 Å². The first kappa shape index (κ1) is 26.4. The van der Waals surface area contributed by atoms with Crippen molar-refractivity contribution >= 4 is 11.7 Å². The number of hydrogen-bond donors (Lipinski definition) is 1. The number of rotatable bonds is 10. The third kappa shape index (κ3) is 5.90. The Hall–Kier alpha value is -5.26. The second kappa shape index (κ2) is 11.6. The maximum Gasteiger partial charge on any atom is 0.256 e. The van der Waals surface area contributed by atoms with Crippen LogP contribution in [-0.2, 0) is 19.6 Å². The Morgan fingerprint density at radius 2 is 1.80 bits per heavy atom. The summed E-state index contributed by atoms with van der Waals surface area (Å²) in [7, 11) is 5.29. The molecule has 1 N–H and O–H groups in total. The Morgan fingerprint density at radius 3 is 2.48 bits per heavy atom. The number of anilines is 1. The van der Waals surface area contributed by atoms with Gasteiger partial charge in [0.2, 0.25) is 0 Å². The largest absolute Gasteiger partial charge is 0.497 e. The molecule has 40 heavy (non-hydrogen) atoms. The van der Waals surface area contributed by atoms with Gasteiger partial charge >= 0.3 is 0 Å². The Morgan fingerprint density at radius 1 is 1.02 bits per heavy atom. The zero-order chi connectivity index (χ0) is 28.1. The van der Waals surface area contributed by atoms with Crippen molar-refractivity contribution in [2.75, 3.05) is 26.1 Å². The molecule has 0 aliphatic carbocycles. The van der Waals surface area contributed by atoms with Gasteiger partial charge in [-0.1, -0.05) is 30.3 Å². The van der Waals surface area contributed by atoms with Gasteiger partial charge in [-0.15, -0.1) is 5.10 Å². The van der Waals surface area contributed by atoms with Crippen molar-refractivity contribution in [2.24, 2.45) is 0 Å². The molecule has 0 saturated heterocycles. The lowest BCUT2D eigenvalue weighted by atomic mass is 10.1. The molecule has 12 nitrogen and oxygen atoms in total. The topological polar surface area (TPSA) is 125 Å². The average Bonchev–Trinajstić information content (AvgIpc) is 3.65. The summed E-state index contributed by atoms with van der Waals surface area (Å²) in [5, 5.41) is 19.0. The van der Waals surface area contributed by atoms with Crippen LogP contribution in [0.15, 0.2) is 84.2 Å². The third-order valence-corrected chi connectivity index (χ3v) is 6.35. The molecule has 12 heteroatoms. The Bertz CT molecular complexity index is 1660. The number of amides is 1.